The predicted molar refractivity (Wildman–Crippen MR) is 103 cm³/mol. The van der Waals surface area contributed by atoms with Crippen LogP contribution in [0.1, 0.15) is 18.1 Å². The van der Waals surface area contributed by atoms with Gasteiger partial charge in [0, 0.05) is 11.3 Å². The van der Waals surface area contributed by atoms with Crippen LogP contribution in [0.25, 0.3) is 0 Å². The van der Waals surface area contributed by atoms with Gasteiger partial charge < -0.3 is 24.6 Å². The van der Waals surface area contributed by atoms with E-state index in [1.807, 2.05) is 0 Å². The van der Waals surface area contributed by atoms with Gasteiger partial charge in [0.25, 0.3) is 5.60 Å². The van der Waals surface area contributed by atoms with Crippen LogP contribution in [-0.2, 0) is 29.4 Å². The molecule has 0 aromatic heterocycles. The second-order valence-electron chi connectivity index (χ2n) is 7.11. The van der Waals surface area contributed by atoms with E-state index >= 15 is 0 Å². The number of aryl methyl sites for hydroxylation is 1. The Hall–Kier alpha value is -3.28. The predicted octanol–water partition coefficient (Wildman–Crippen LogP) is 3.44. The number of nitrogens with one attached hydrogen (secondary N) is 2. The first-order chi connectivity index (χ1) is 16.7. The van der Waals surface area contributed by atoms with Gasteiger partial charge in [0.2, 0.25) is 0 Å². The van der Waals surface area contributed by atoms with E-state index in [9.17, 15) is 59.0 Å². The highest BCUT2D eigenvalue weighted by atomic mass is 19.4. The van der Waals surface area contributed by atoms with Crippen molar-refractivity contribution in [1.29, 1.82) is 0 Å². The Bertz CT molecular complexity index is 1010. The topological polar surface area (TPSA) is 123 Å². The molecule has 1 aromatic carbocycles. The van der Waals surface area contributed by atoms with Crippen molar-refractivity contribution in [3.05, 3.63) is 29.3 Å². The smallest absolute Gasteiger partial charge is 0.448 e. The molecule has 2 atom stereocenters. The summed E-state index contributed by atoms with van der Waals surface area (Å²) in [4.78, 5) is 35.9. The number of carbonyl (C=O) groups excluding carboxylic acids is 3. The number of alkyl halides is 9. The lowest BCUT2D eigenvalue weighted by Gasteiger charge is -2.33. The first-order valence-corrected chi connectivity index (χ1v) is 9.68. The van der Waals surface area contributed by atoms with Crippen molar-refractivity contribution < 1.29 is 73.2 Å². The number of methoxy groups -OCH3 is 1. The summed E-state index contributed by atoms with van der Waals surface area (Å²) < 4.78 is 131. The first-order valence-electron chi connectivity index (χ1n) is 9.68. The minimum absolute atomic E-state index is 0.371. The van der Waals surface area contributed by atoms with Crippen molar-refractivity contribution in [2.75, 3.05) is 25.6 Å². The van der Waals surface area contributed by atoms with E-state index in [2.05, 4.69) is 14.2 Å². The Morgan fingerprint density at radius 1 is 0.946 bits per heavy atom. The number of aliphatic hydroxyl groups is 1. The number of anilines is 1. The van der Waals surface area contributed by atoms with Crippen LogP contribution in [0.4, 0.5) is 50.0 Å². The lowest BCUT2D eigenvalue weighted by atomic mass is 9.91. The van der Waals surface area contributed by atoms with E-state index in [0.717, 1.165) is 19.2 Å². The largest absolute Gasteiger partial charge is 0.466 e. The van der Waals surface area contributed by atoms with E-state index in [1.54, 1.807) is 5.32 Å². The molecule has 2 amide bonds. The van der Waals surface area contributed by atoms with Crippen molar-refractivity contribution in [2.45, 2.75) is 43.7 Å². The van der Waals surface area contributed by atoms with Crippen molar-refractivity contribution in [3.63, 3.8) is 0 Å². The number of hydrogen-bond donors (Lipinski definition) is 3. The summed E-state index contributed by atoms with van der Waals surface area (Å²) in [6.45, 7) is -1.37. The third kappa shape index (κ3) is 6.94. The van der Waals surface area contributed by atoms with E-state index in [-0.39, 0.29) is 5.56 Å². The molecule has 210 valence electrons. The van der Waals surface area contributed by atoms with E-state index in [1.165, 1.54) is 0 Å². The summed E-state index contributed by atoms with van der Waals surface area (Å²) in [6, 6.07) is -0.361. The summed E-state index contributed by atoms with van der Waals surface area (Å²) in [5.74, 6) is -4.56. The van der Waals surface area contributed by atoms with Gasteiger partial charge in [-0.15, -0.1) is 0 Å². The molecule has 3 N–H and O–H groups in total. The molecule has 9 nitrogen and oxygen atoms in total. The summed E-state index contributed by atoms with van der Waals surface area (Å²) in [5, 5.41) is 12.6. The molecule has 0 saturated heterocycles. The maximum atomic E-state index is 13.7. The van der Waals surface area contributed by atoms with Crippen molar-refractivity contribution in [2.24, 2.45) is 0 Å². The minimum Gasteiger partial charge on any atom is -0.466 e. The van der Waals surface area contributed by atoms with Crippen LogP contribution in [0.3, 0.4) is 0 Å². The Balaban J connectivity index is 3.39. The minimum atomic E-state index is -5.98. The van der Waals surface area contributed by atoms with E-state index in [4.69, 9.17) is 0 Å². The molecule has 0 fully saturated rings. The number of halogens is 9. The van der Waals surface area contributed by atoms with Crippen LogP contribution < -0.4 is 10.6 Å². The highest BCUT2D eigenvalue weighted by molar-refractivity contribution is 5.95. The Morgan fingerprint density at radius 3 is 1.92 bits per heavy atom. The lowest BCUT2D eigenvalue weighted by Crippen LogP contribution is -2.67. The molecule has 1 rings (SSSR count). The summed E-state index contributed by atoms with van der Waals surface area (Å²) in [7, 11) is 0.559. The van der Waals surface area contributed by atoms with Crippen LogP contribution in [0.2, 0.25) is 0 Å². The second-order valence-corrected chi connectivity index (χ2v) is 7.11. The van der Waals surface area contributed by atoms with Gasteiger partial charge >= 0.3 is 42.2 Å². The van der Waals surface area contributed by atoms with Gasteiger partial charge in [-0.05, 0) is 25.5 Å². The summed E-state index contributed by atoms with van der Waals surface area (Å²) in [6.07, 6.45) is -16.9. The number of amides is 2. The van der Waals surface area contributed by atoms with Gasteiger partial charge in [0.1, 0.15) is 6.61 Å². The van der Waals surface area contributed by atoms with Crippen LogP contribution in [-0.4, -0.2) is 67.7 Å². The maximum absolute atomic E-state index is 13.7. The highest BCUT2D eigenvalue weighted by Crippen LogP contribution is 2.41. The molecule has 0 aliphatic rings. The lowest BCUT2D eigenvalue weighted by molar-refractivity contribution is -0.305. The van der Waals surface area contributed by atoms with Gasteiger partial charge in [0.05, 0.1) is 13.7 Å². The average molecular weight is 558 g/mol. The molecule has 0 spiro atoms. The fourth-order valence-electron chi connectivity index (χ4n) is 2.72. The van der Waals surface area contributed by atoms with Crippen molar-refractivity contribution in [3.8, 4) is 0 Å². The summed E-state index contributed by atoms with van der Waals surface area (Å²) in [5.41, 5.74) is -10.8. The standard InChI is InChI=1S/C19H19F9N2O7/c1-4-36-13(32)17(19(26,27)28,37-8-15(20,21)22)30-14(33)29-11-6-5-10(7-9(11)2)16(34,12(31)35-3)18(23,24)25/h5-7,34H,4,8H2,1-3H3,(H2,29,30,33)/t16-,17-/m0/s1. The molecule has 0 saturated carbocycles. The molecule has 0 aliphatic heterocycles. The van der Waals surface area contributed by atoms with Crippen molar-refractivity contribution in [1.82, 2.24) is 5.32 Å². The number of rotatable bonds is 8. The molecule has 0 heterocycles. The van der Waals surface area contributed by atoms with E-state index < -0.39 is 72.3 Å². The molecule has 0 radical (unpaired) electrons. The monoisotopic (exact) mass is 558 g/mol. The Morgan fingerprint density at radius 2 is 1.51 bits per heavy atom. The quantitative estimate of drug-likeness (QED) is 0.254. The first kappa shape index (κ1) is 31.7. The van der Waals surface area contributed by atoms with Crippen molar-refractivity contribution >= 4 is 23.7 Å². The number of urea groups is 1. The third-order valence-corrected chi connectivity index (χ3v) is 4.49. The second kappa shape index (κ2) is 11.0. The third-order valence-electron chi connectivity index (χ3n) is 4.49. The number of benzene rings is 1. The Kier molecular flexibility index (Phi) is 9.43. The van der Waals surface area contributed by atoms with Gasteiger partial charge in [-0.3, -0.25) is 5.32 Å². The zero-order valence-corrected chi connectivity index (χ0v) is 18.9. The number of hydrogen-bond acceptors (Lipinski definition) is 7. The van der Waals surface area contributed by atoms with Gasteiger partial charge in [-0.2, -0.15) is 39.5 Å². The number of carbonyl (C=O) groups is 3. The van der Waals surface area contributed by atoms with Crippen LogP contribution >= 0.6 is 0 Å². The average Bonchev–Trinajstić information content (AvgIpc) is 2.74. The normalized spacial score (nSPS) is 15.7. The van der Waals surface area contributed by atoms with Gasteiger partial charge in [0.15, 0.2) is 0 Å². The number of ether oxygens (including phenoxy) is 3. The molecule has 0 bridgehead atoms. The molecular formula is C19H19F9N2O7. The molecule has 0 unspecified atom stereocenters. The van der Waals surface area contributed by atoms with Crippen LogP contribution in [0.15, 0.2) is 18.2 Å². The fourth-order valence-corrected chi connectivity index (χ4v) is 2.72. The maximum Gasteiger partial charge on any atom is 0.448 e. The number of esters is 2. The molecule has 18 heteroatoms. The summed E-state index contributed by atoms with van der Waals surface area (Å²) >= 11 is 0. The fraction of sp³-hybridized carbons (Fsp3) is 0.526. The van der Waals surface area contributed by atoms with Gasteiger partial charge in [-0.25, -0.2) is 14.4 Å². The molecule has 0 aliphatic carbocycles. The van der Waals surface area contributed by atoms with Crippen LogP contribution in [0.5, 0.6) is 0 Å². The zero-order valence-electron chi connectivity index (χ0n) is 18.9. The zero-order chi connectivity index (χ0) is 29.0. The van der Waals surface area contributed by atoms with E-state index in [0.29, 0.717) is 25.3 Å². The van der Waals surface area contributed by atoms with Gasteiger partial charge in [-0.1, -0.05) is 12.1 Å². The van der Waals surface area contributed by atoms with Crippen LogP contribution in [0, 0.1) is 6.92 Å². The highest BCUT2D eigenvalue weighted by Gasteiger charge is 2.66. The molecular weight excluding hydrogens is 539 g/mol. The Labute approximate surface area is 201 Å². The SMILES string of the molecule is CCOC(=O)[C@](NC(=O)Nc1ccc([C@](O)(C(=O)OC)C(F)(F)F)cc1C)(OCC(F)(F)F)C(F)(F)F. The molecule has 37 heavy (non-hydrogen) atoms. The molecule has 1 aromatic rings.